The molecule has 1 saturated heterocycles. The second-order valence-electron chi connectivity index (χ2n) is 5.02. The lowest BCUT2D eigenvalue weighted by atomic mass is 10.0. The second-order valence-corrected chi connectivity index (χ2v) is 7.77. The number of thiophene rings is 1. The van der Waals surface area contributed by atoms with E-state index in [0.29, 0.717) is 5.75 Å². The Morgan fingerprint density at radius 2 is 1.87 bits per heavy atom. The first-order valence-corrected chi connectivity index (χ1v) is 9.29. The van der Waals surface area contributed by atoms with E-state index in [9.17, 15) is 5.11 Å². The Bertz CT molecular complexity index is 599. The van der Waals surface area contributed by atoms with Crippen molar-refractivity contribution < 1.29 is 5.11 Å². The van der Waals surface area contributed by atoms with Crippen LogP contribution in [0.5, 0.6) is 5.75 Å². The minimum Gasteiger partial charge on any atom is -0.508 e. The van der Waals surface area contributed by atoms with Crippen LogP contribution in [0.2, 0.25) is 0 Å². The maximum Gasteiger partial charge on any atom is 0.122 e. The van der Waals surface area contributed by atoms with Crippen molar-refractivity contribution in [2.45, 2.75) is 6.04 Å². The van der Waals surface area contributed by atoms with Crippen LogP contribution >= 0.6 is 68.0 Å². The summed E-state index contributed by atoms with van der Waals surface area (Å²) in [7, 11) is 0. The number of nitrogens with one attached hydrogen (secondary N) is 1. The van der Waals surface area contributed by atoms with Crippen LogP contribution in [0, 0.1) is 0 Å². The van der Waals surface area contributed by atoms with E-state index >= 15 is 0 Å². The van der Waals surface area contributed by atoms with E-state index in [1.165, 1.54) is 4.88 Å². The summed E-state index contributed by atoms with van der Waals surface area (Å²) in [5.41, 5.74) is 0.947. The highest BCUT2D eigenvalue weighted by Crippen LogP contribution is 2.42. The van der Waals surface area contributed by atoms with Crippen molar-refractivity contribution in [2.75, 3.05) is 26.2 Å². The summed E-state index contributed by atoms with van der Waals surface area (Å²) < 4.78 is 1.81. The van der Waals surface area contributed by atoms with Crippen LogP contribution in [0.15, 0.2) is 38.6 Å². The molecule has 2 aromatic rings. The normalized spacial score (nSPS) is 16.3. The molecule has 128 valence electrons. The predicted octanol–water partition coefficient (Wildman–Crippen LogP) is 4.82. The molecule has 0 bridgehead atoms. The van der Waals surface area contributed by atoms with Crippen LogP contribution in [0.4, 0.5) is 0 Å². The molecule has 1 aliphatic rings. The fourth-order valence-electron chi connectivity index (χ4n) is 2.73. The lowest BCUT2D eigenvalue weighted by Crippen LogP contribution is -2.45. The lowest BCUT2D eigenvalue weighted by molar-refractivity contribution is 0.197. The molecule has 1 aromatic carbocycles. The van der Waals surface area contributed by atoms with Gasteiger partial charge in [-0.05, 0) is 23.6 Å². The van der Waals surface area contributed by atoms with Gasteiger partial charge in [0.15, 0.2) is 0 Å². The summed E-state index contributed by atoms with van der Waals surface area (Å²) in [6.45, 7) is 3.92. The van der Waals surface area contributed by atoms with E-state index in [0.717, 1.165) is 40.7 Å². The SMILES string of the molecule is Cl.Cl.Oc1cc(Br)cc(Br)c1[C@@H](c1cccs1)N1CCNCC1. The number of aromatic hydroxyl groups is 1. The largest absolute Gasteiger partial charge is 0.508 e. The molecule has 3 rings (SSSR count). The fourth-order valence-corrected chi connectivity index (χ4v) is 5.02. The van der Waals surface area contributed by atoms with Crippen molar-refractivity contribution >= 4 is 68.0 Å². The summed E-state index contributed by atoms with van der Waals surface area (Å²) in [5.74, 6) is 0.327. The first-order valence-electron chi connectivity index (χ1n) is 6.83. The number of halogens is 4. The number of hydrogen-bond donors (Lipinski definition) is 2. The average molecular weight is 505 g/mol. The molecular formula is C15H18Br2Cl2N2OS. The molecule has 0 spiro atoms. The first kappa shape index (κ1) is 21.2. The Hall–Kier alpha value is 0.180. The molecular weight excluding hydrogens is 487 g/mol. The molecule has 1 aromatic heterocycles. The smallest absolute Gasteiger partial charge is 0.122 e. The van der Waals surface area contributed by atoms with Gasteiger partial charge in [-0.15, -0.1) is 36.2 Å². The summed E-state index contributed by atoms with van der Waals surface area (Å²) in [5, 5.41) is 16.0. The average Bonchev–Trinajstić information content (AvgIpc) is 2.97. The van der Waals surface area contributed by atoms with Gasteiger partial charge in [0.25, 0.3) is 0 Å². The monoisotopic (exact) mass is 502 g/mol. The zero-order valence-electron chi connectivity index (χ0n) is 12.2. The van der Waals surface area contributed by atoms with Gasteiger partial charge in [-0.2, -0.15) is 0 Å². The van der Waals surface area contributed by atoms with Crippen molar-refractivity contribution in [3.63, 3.8) is 0 Å². The molecule has 0 amide bonds. The molecule has 0 aliphatic carbocycles. The highest BCUT2D eigenvalue weighted by Gasteiger charge is 2.28. The third kappa shape index (κ3) is 4.84. The van der Waals surface area contributed by atoms with E-state index in [1.54, 1.807) is 17.4 Å². The third-order valence-corrected chi connectivity index (χ3v) is 5.71. The third-order valence-electron chi connectivity index (χ3n) is 3.68. The minimum atomic E-state index is 0. The zero-order chi connectivity index (χ0) is 14.8. The van der Waals surface area contributed by atoms with Gasteiger partial charge in [-0.3, -0.25) is 4.90 Å². The van der Waals surface area contributed by atoms with Gasteiger partial charge >= 0.3 is 0 Å². The van der Waals surface area contributed by atoms with Gasteiger partial charge in [-0.1, -0.05) is 37.9 Å². The van der Waals surface area contributed by atoms with Gasteiger partial charge in [0, 0.05) is 45.6 Å². The molecule has 1 fully saturated rings. The molecule has 0 unspecified atom stereocenters. The van der Waals surface area contributed by atoms with E-state index in [1.807, 2.05) is 6.07 Å². The molecule has 2 N–H and O–H groups in total. The standard InChI is InChI=1S/C15H16Br2N2OS.2ClH/c16-10-8-11(17)14(12(20)9-10)15(13-2-1-7-21-13)19-5-3-18-4-6-19;;/h1-2,7-9,15,18,20H,3-6H2;2*1H/t15-;;/m1../s1. The Labute approximate surface area is 169 Å². The fraction of sp³-hybridized carbons (Fsp3) is 0.333. The van der Waals surface area contributed by atoms with E-state index in [2.05, 4.69) is 59.6 Å². The summed E-state index contributed by atoms with van der Waals surface area (Å²) >= 11 is 8.79. The van der Waals surface area contributed by atoms with Gasteiger partial charge in [0.1, 0.15) is 5.75 Å². The van der Waals surface area contributed by atoms with Crippen molar-refractivity contribution in [2.24, 2.45) is 0 Å². The predicted molar refractivity (Wildman–Crippen MR) is 109 cm³/mol. The van der Waals surface area contributed by atoms with Crippen LogP contribution in [-0.2, 0) is 0 Å². The Balaban J connectivity index is 0.00000132. The van der Waals surface area contributed by atoms with E-state index in [4.69, 9.17) is 0 Å². The molecule has 1 aliphatic heterocycles. The molecule has 0 saturated carbocycles. The van der Waals surface area contributed by atoms with Crippen LogP contribution in [0.3, 0.4) is 0 Å². The summed E-state index contributed by atoms with van der Waals surface area (Å²) in [6, 6.07) is 8.07. The Morgan fingerprint density at radius 3 is 2.43 bits per heavy atom. The number of hydrogen-bond acceptors (Lipinski definition) is 4. The van der Waals surface area contributed by atoms with Crippen LogP contribution in [0.1, 0.15) is 16.5 Å². The quantitative estimate of drug-likeness (QED) is 0.629. The Kier molecular flexibility index (Phi) is 8.87. The molecule has 2 heterocycles. The summed E-state index contributed by atoms with van der Waals surface area (Å²) in [6.07, 6.45) is 0. The lowest BCUT2D eigenvalue weighted by Gasteiger charge is -2.35. The van der Waals surface area contributed by atoms with E-state index in [-0.39, 0.29) is 30.9 Å². The van der Waals surface area contributed by atoms with Crippen LogP contribution in [0.25, 0.3) is 0 Å². The van der Waals surface area contributed by atoms with Crippen LogP contribution < -0.4 is 5.32 Å². The number of phenols is 1. The highest BCUT2D eigenvalue weighted by molar-refractivity contribution is 9.11. The van der Waals surface area contributed by atoms with Gasteiger partial charge in [-0.25, -0.2) is 0 Å². The van der Waals surface area contributed by atoms with Crippen molar-refractivity contribution in [1.82, 2.24) is 10.2 Å². The zero-order valence-corrected chi connectivity index (χ0v) is 17.8. The molecule has 3 nitrogen and oxygen atoms in total. The van der Waals surface area contributed by atoms with Gasteiger partial charge < -0.3 is 10.4 Å². The number of benzene rings is 1. The topological polar surface area (TPSA) is 35.5 Å². The van der Waals surface area contributed by atoms with Crippen LogP contribution in [-0.4, -0.2) is 36.2 Å². The minimum absolute atomic E-state index is 0. The maximum atomic E-state index is 10.5. The highest BCUT2D eigenvalue weighted by atomic mass is 79.9. The molecule has 8 heteroatoms. The number of rotatable bonds is 3. The molecule has 23 heavy (non-hydrogen) atoms. The molecule has 1 atom stereocenters. The van der Waals surface area contributed by atoms with Gasteiger partial charge in [0.2, 0.25) is 0 Å². The number of phenolic OH excluding ortho intramolecular Hbond substituents is 1. The van der Waals surface area contributed by atoms with Gasteiger partial charge in [0.05, 0.1) is 6.04 Å². The maximum absolute atomic E-state index is 10.5. The first-order chi connectivity index (χ1) is 10.2. The Morgan fingerprint density at radius 1 is 1.17 bits per heavy atom. The van der Waals surface area contributed by atoms with Crippen molar-refractivity contribution in [3.05, 3.63) is 49.0 Å². The summed E-state index contributed by atoms with van der Waals surface area (Å²) in [4.78, 5) is 3.69. The number of piperazine rings is 1. The van der Waals surface area contributed by atoms with E-state index < -0.39 is 0 Å². The molecule has 0 radical (unpaired) electrons. The second kappa shape index (κ2) is 9.61. The van der Waals surface area contributed by atoms with Crippen molar-refractivity contribution in [3.8, 4) is 5.75 Å². The van der Waals surface area contributed by atoms with Crippen molar-refractivity contribution in [1.29, 1.82) is 0 Å². The number of nitrogens with zero attached hydrogens (tertiary/aromatic N) is 1.